The van der Waals surface area contributed by atoms with E-state index in [-0.39, 0.29) is 5.04 Å². The van der Waals surface area contributed by atoms with Crippen molar-refractivity contribution in [1.82, 2.24) is 0 Å². The molecule has 0 rings (SSSR count). The van der Waals surface area contributed by atoms with Gasteiger partial charge in [0.25, 0.3) is 6.47 Å². The first-order valence-electron chi connectivity index (χ1n) is 6.45. The molecule has 0 heterocycles. The maximum absolute atomic E-state index is 11.9. The minimum atomic E-state index is -2.15. The highest BCUT2D eigenvalue weighted by atomic mass is 28.4. The van der Waals surface area contributed by atoms with Crippen LogP contribution in [-0.2, 0) is 23.5 Å². The number of carbonyl (C=O) groups is 2. The summed E-state index contributed by atoms with van der Waals surface area (Å²) in [5.41, 5.74) is 0. The number of esters is 1. The van der Waals surface area contributed by atoms with Crippen molar-refractivity contribution in [2.45, 2.75) is 64.5 Å². The zero-order valence-electron chi connectivity index (χ0n) is 13.0. The summed E-state index contributed by atoms with van der Waals surface area (Å²) in [7, 11) is -0.848. The van der Waals surface area contributed by atoms with E-state index in [9.17, 15) is 9.59 Å². The van der Waals surface area contributed by atoms with Gasteiger partial charge in [0.05, 0.1) is 7.11 Å². The molecule has 0 aromatic carbocycles. The third kappa shape index (κ3) is 4.95. The van der Waals surface area contributed by atoms with Gasteiger partial charge in [-0.1, -0.05) is 27.7 Å². The Morgan fingerprint density at radius 3 is 2.16 bits per heavy atom. The van der Waals surface area contributed by atoms with Crippen LogP contribution in [0.1, 0.15) is 34.1 Å². The van der Waals surface area contributed by atoms with Crippen molar-refractivity contribution in [1.29, 1.82) is 0 Å². The molecule has 6 heteroatoms. The Morgan fingerprint density at radius 2 is 1.84 bits per heavy atom. The van der Waals surface area contributed by atoms with E-state index < -0.39 is 26.5 Å². The minimum absolute atomic E-state index is 0.0429. The first-order chi connectivity index (χ1) is 8.60. The molecule has 2 atom stereocenters. The molecule has 112 valence electrons. The highest BCUT2D eigenvalue weighted by Gasteiger charge is 2.43. The monoisotopic (exact) mass is 290 g/mol. The zero-order chi connectivity index (χ0) is 15.3. The fraction of sp³-hybridized carbons (Fsp3) is 0.846. The van der Waals surface area contributed by atoms with Gasteiger partial charge in [-0.05, 0) is 24.6 Å². The number of hydrogen-bond acceptors (Lipinski definition) is 5. The lowest BCUT2D eigenvalue weighted by atomic mass is 10.1. The number of carbonyl (C=O) groups excluding carboxylic acids is 2. The van der Waals surface area contributed by atoms with E-state index in [1.54, 1.807) is 0 Å². The molecule has 0 aliphatic carbocycles. The van der Waals surface area contributed by atoms with Crippen LogP contribution in [-0.4, -0.2) is 40.1 Å². The number of hydrogen-bond donors (Lipinski definition) is 0. The van der Waals surface area contributed by atoms with E-state index in [0.29, 0.717) is 12.9 Å². The van der Waals surface area contributed by atoms with Gasteiger partial charge in [0.2, 0.25) is 0 Å². The zero-order valence-corrected chi connectivity index (χ0v) is 14.0. The van der Waals surface area contributed by atoms with Gasteiger partial charge in [-0.2, -0.15) is 0 Å². The maximum Gasteiger partial charge on any atom is 0.337 e. The molecule has 0 unspecified atom stereocenters. The molecular weight excluding hydrogens is 264 g/mol. The quantitative estimate of drug-likeness (QED) is 0.409. The normalized spacial score (nSPS) is 15.5. The summed E-state index contributed by atoms with van der Waals surface area (Å²) in [4.78, 5) is 22.4. The minimum Gasteiger partial charge on any atom is -0.467 e. The highest BCUT2D eigenvalue weighted by Crippen LogP contribution is 2.38. The Kier molecular flexibility index (Phi) is 6.72. The molecule has 0 saturated heterocycles. The SMILES string of the molecule is CC[C@H](OC=O)[C@@H](O[Si](C)(C)C(C)(C)C)C(=O)OC. The predicted molar refractivity (Wildman–Crippen MR) is 75.3 cm³/mol. The lowest BCUT2D eigenvalue weighted by Crippen LogP contribution is -2.50. The molecule has 0 aliphatic rings. The van der Waals surface area contributed by atoms with Crippen molar-refractivity contribution in [2.75, 3.05) is 7.11 Å². The largest absolute Gasteiger partial charge is 0.467 e. The van der Waals surface area contributed by atoms with Crippen molar-refractivity contribution >= 4 is 20.8 Å². The Hall–Kier alpha value is -0.883. The second-order valence-electron chi connectivity index (χ2n) is 6.00. The van der Waals surface area contributed by atoms with Crippen molar-refractivity contribution < 1.29 is 23.5 Å². The van der Waals surface area contributed by atoms with Gasteiger partial charge < -0.3 is 13.9 Å². The molecule has 0 bridgehead atoms. The molecule has 19 heavy (non-hydrogen) atoms. The van der Waals surface area contributed by atoms with E-state index in [4.69, 9.17) is 13.9 Å². The molecule has 5 nitrogen and oxygen atoms in total. The molecule has 0 aromatic heterocycles. The fourth-order valence-electron chi connectivity index (χ4n) is 1.34. The van der Waals surface area contributed by atoms with Crippen LogP contribution in [0.3, 0.4) is 0 Å². The van der Waals surface area contributed by atoms with E-state index >= 15 is 0 Å². The average Bonchev–Trinajstić information content (AvgIpc) is 2.31. The Morgan fingerprint density at radius 1 is 1.32 bits per heavy atom. The van der Waals surface area contributed by atoms with E-state index in [2.05, 4.69) is 20.8 Å². The van der Waals surface area contributed by atoms with Gasteiger partial charge in [-0.25, -0.2) is 4.79 Å². The fourth-order valence-corrected chi connectivity index (χ4v) is 2.58. The van der Waals surface area contributed by atoms with Crippen LogP contribution in [0.15, 0.2) is 0 Å². The van der Waals surface area contributed by atoms with Gasteiger partial charge in [-0.3, -0.25) is 4.79 Å². The van der Waals surface area contributed by atoms with Crippen molar-refractivity contribution in [3.05, 3.63) is 0 Å². The summed E-state index contributed by atoms with van der Waals surface area (Å²) in [5, 5.41) is -0.0429. The maximum atomic E-state index is 11.9. The van der Waals surface area contributed by atoms with Crippen molar-refractivity contribution in [3.63, 3.8) is 0 Å². The van der Waals surface area contributed by atoms with Crippen molar-refractivity contribution in [3.8, 4) is 0 Å². The number of ether oxygens (including phenoxy) is 2. The lowest BCUT2D eigenvalue weighted by molar-refractivity contribution is -0.160. The Bertz CT molecular complexity index is 309. The summed E-state index contributed by atoms with van der Waals surface area (Å²) in [6.45, 7) is 12.5. The van der Waals surface area contributed by atoms with Crippen molar-refractivity contribution in [2.24, 2.45) is 0 Å². The Labute approximate surface area is 116 Å². The molecular formula is C13H26O5Si. The molecule has 0 aliphatic heterocycles. The summed E-state index contributed by atoms with van der Waals surface area (Å²) < 4.78 is 15.8. The average molecular weight is 290 g/mol. The van der Waals surface area contributed by atoms with E-state index in [0.717, 1.165) is 0 Å². The third-order valence-corrected chi connectivity index (χ3v) is 8.09. The predicted octanol–water partition coefficient (Wildman–Crippen LogP) is 2.50. The van der Waals surface area contributed by atoms with Crippen LogP contribution >= 0.6 is 0 Å². The standard InChI is InChI=1S/C13H26O5Si/c1-8-10(17-9-14)11(12(15)16-5)18-19(6,7)13(2,3)4/h9-11H,8H2,1-7H3/t10-,11+/m0/s1. The van der Waals surface area contributed by atoms with Crippen LogP contribution in [0.2, 0.25) is 18.1 Å². The van der Waals surface area contributed by atoms with Gasteiger partial charge in [0.1, 0.15) is 6.10 Å². The third-order valence-electron chi connectivity index (χ3n) is 3.63. The molecule has 0 spiro atoms. The highest BCUT2D eigenvalue weighted by molar-refractivity contribution is 6.74. The van der Waals surface area contributed by atoms with Crippen LogP contribution in [0.5, 0.6) is 0 Å². The smallest absolute Gasteiger partial charge is 0.337 e. The van der Waals surface area contributed by atoms with Gasteiger partial charge in [-0.15, -0.1) is 0 Å². The molecule has 0 amide bonds. The lowest BCUT2D eigenvalue weighted by Gasteiger charge is -2.39. The first kappa shape index (κ1) is 18.1. The van der Waals surface area contributed by atoms with Gasteiger partial charge in [0.15, 0.2) is 14.4 Å². The molecule has 0 radical (unpaired) electrons. The van der Waals surface area contributed by atoms with Gasteiger partial charge in [0, 0.05) is 0 Å². The summed E-state index contributed by atoms with van der Waals surface area (Å²) >= 11 is 0. The number of rotatable bonds is 7. The topological polar surface area (TPSA) is 61.8 Å². The van der Waals surface area contributed by atoms with Crippen LogP contribution in [0.25, 0.3) is 0 Å². The molecule has 0 N–H and O–H groups in total. The van der Waals surface area contributed by atoms with Crippen LogP contribution in [0.4, 0.5) is 0 Å². The molecule has 0 fully saturated rings. The molecule has 0 saturated carbocycles. The van der Waals surface area contributed by atoms with E-state index in [1.165, 1.54) is 7.11 Å². The van der Waals surface area contributed by atoms with Crippen LogP contribution in [0, 0.1) is 0 Å². The second-order valence-corrected chi connectivity index (χ2v) is 10.8. The van der Waals surface area contributed by atoms with E-state index in [1.807, 2.05) is 20.0 Å². The Balaban J connectivity index is 5.17. The van der Waals surface area contributed by atoms with Gasteiger partial charge >= 0.3 is 5.97 Å². The van der Waals surface area contributed by atoms with Crippen LogP contribution < -0.4 is 0 Å². The molecule has 0 aromatic rings. The summed E-state index contributed by atoms with van der Waals surface area (Å²) in [6, 6.07) is 0. The second kappa shape index (κ2) is 7.05. The summed E-state index contributed by atoms with van der Waals surface area (Å²) in [5.74, 6) is -0.501. The summed E-state index contributed by atoms with van der Waals surface area (Å²) in [6.07, 6.45) is -0.979. The number of methoxy groups -OCH3 is 1. The first-order valence-corrected chi connectivity index (χ1v) is 9.36.